The van der Waals surface area contributed by atoms with E-state index in [4.69, 9.17) is 0 Å². The van der Waals surface area contributed by atoms with E-state index < -0.39 is 148 Å². The maximum atomic E-state index is 14.3. The third-order valence-electron chi connectivity index (χ3n) is 10.3. The summed E-state index contributed by atoms with van der Waals surface area (Å²) in [4.78, 5) is 66.6. The van der Waals surface area contributed by atoms with Crippen molar-refractivity contribution >= 4 is 29.7 Å². The maximum Gasteiger partial charge on any atom is 3.00 e. The van der Waals surface area contributed by atoms with E-state index >= 15 is 0 Å². The molecule has 1 aliphatic heterocycles. The van der Waals surface area contributed by atoms with Crippen LogP contribution in [0.5, 0.6) is 0 Å². The Morgan fingerprint density at radius 2 is 0.957 bits per heavy atom. The zero-order chi connectivity index (χ0) is 53.8. The second-order valence-electron chi connectivity index (χ2n) is 15.4. The summed E-state index contributed by atoms with van der Waals surface area (Å²) in [5.41, 5.74) is 0. The third kappa shape index (κ3) is 17.1. The fourth-order valence-corrected chi connectivity index (χ4v) is 6.13. The first kappa shape index (κ1) is 67.2. The number of aliphatic hydroxyl groups excluding tert-OH is 2. The minimum absolute atomic E-state index is 0. The standard InChI is InChI=1S/C35H49F17N6O11.Gd/c1-21(26(67)53-3-4-54-5-7-55(17-23(61)62)9-11-57(19-25(65)66)12-10-56(8-6-54)18-24(63)64)27(68)58(16-22(60)20-59)13-15-69-14-2-28(36,37)29(38,39)30(40,41)31(42,43)32(44,45)33(46,47)34(48,49)35(50,51)52;/h21-22,59-60H,2-20H2,1H3,(H,53,67)(H,61,62)(H,63,64)(H,65,66);/q;+3/p-3. The normalized spacial score (nSPS) is 17.7. The van der Waals surface area contributed by atoms with Crippen molar-refractivity contribution in [3.63, 3.8) is 0 Å². The Morgan fingerprint density at radius 3 is 1.31 bits per heavy atom. The van der Waals surface area contributed by atoms with Crippen LogP contribution >= 0.6 is 0 Å². The molecule has 1 saturated heterocycles. The minimum Gasteiger partial charge on any atom is -0.549 e. The number of amides is 2. The summed E-state index contributed by atoms with van der Waals surface area (Å²) in [5.74, 6) is -66.1. The molecule has 70 heavy (non-hydrogen) atoms. The molecule has 1 radical (unpaired) electrons. The Labute approximate surface area is 417 Å². The summed E-state index contributed by atoms with van der Waals surface area (Å²) in [6.45, 7) is -7.02. The van der Waals surface area contributed by atoms with Gasteiger partial charge in [0.1, 0.15) is 5.92 Å². The molecule has 2 atom stereocenters. The number of carbonyl (C=O) groups is 5. The first-order valence-corrected chi connectivity index (χ1v) is 19.9. The zero-order valence-electron chi connectivity index (χ0n) is 36.2. The van der Waals surface area contributed by atoms with Gasteiger partial charge in [0, 0.05) is 105 Å². The first-order chi connectivity index (χ1) is 31.2. The molecular formula is C35H46F17GdN6O11. The summed E-state index contributed by atoms with van der Waals surface area (Å²) in [6, 6.07) is 0. The predicted molar refractivity (Wildman–Crippen MR) is 189 cm³/mol. The molecule has 0 aromatic rings. The molecular weight excluding hydrogens is 1160 g/mol. The van der Waals surface area contributed by atoms with E-state index in [9.17, 15) is 124 Å². The SMILES string of the molecule is CC(C(=O)NCCN1CCN(CC(=O)[O-])CCN(CC(=O)[O-])CCN(CC(=O)[O-])CC1)C(=O)N(CCOCCC(F)(F)C(F)(F)C(F)(F)C(F)(F)C(F)(F)C(F)(F)C(F)(F)C(F)(F)F)CC(O)CO.[Gd+3]. The molecule has 1 heterocycles. The molecule has 1 fully saturated rings. The van der Waals surface area contributed by atoms with E-state index in [1.54, 1.807) is 4.90 Å². The Kier molecular flexibility index (Phi) is 25.9. The monoisotopic (exact) mass is 1210 g/mol. The molecule has 2 amide bonds. The number of aliphatic carboxylic acids is 3. The zero-order valence-corrected chi connectivity index (χ0v) is 38.4. The van der Waals surface area contributed by atoms with Crippen LogP contribution in [0.15, 0.2) is 0 Å². The average molecular weight is 1210 g/mol. The van der Waals surface area contributed by atoms with Gasteiger partial charge in [-0.25, -0.2) is 0 Å². The number of carbonyl (C=O) groups excluding carboxylic acids is 5. The number of nitrogens with zero attached hydrogens (tertiary/aromatic N) is 5. The van der Waals surface area contributed by atoms with Crippen LogP contribution in [-0.2, 0) is 28.7 Å². The number of carboxylic acid groups (broad SMARTS) is 3. The average Bonchev–Trinajstić information content (AvgIpc) is 3.21. The number of nitrogens with one attached hydrogen (secondary N) is 1. The number of hydrogen-bond acceptors (Lipinski definition) is 15. The molecule has 0 saturated carbocycles. The number of halogens is 17. The molecule has 3 N–H and O–H groups in total. The molecule has 17 nitrogen and oxygen atoms in total. The van der Waals surface area contributed by atoms with Gasteiger partial charge in [-0.2, -0.15) is 74.6 Å². The Morgan fingerprint density at radius 1 is 0.600 bits per heavy atom. The van der Waals surface area contributed by atoms with Crippen molar-refractivity contribution in [2.75, 3.05) is 118 Å². The molecule has 1 rings (SSSR count). The van der Waals surface area contributed by atoms with Gasteiger partial charge in [0.15, 0.2) is 0 Å². The summed E-state index contributed by atoms with van der Waals surface area (Å²) >= 11 is 0. The van der Waals surface area contributed by atoms with Gasteiger partial charge in [-0.05, 0) is 6.92 Å². The van der Waals surface area contributed by atoms with Crippen molar-refractivity contribution in [3.05, 3.63) is 0 Å². The van der Waals surface area contributed by atoms with Crippen LogP contribution in [0.4, 0.5) is 74.6 Å². The van der Waals surface area contributed by atoms with Crippen LogP contribution in [-0.4, -0.2) is 236 Å². The molecule has 0 aliphatic carbocycles. The van der Waals surface area contributed by atoms with Gasteiger partial charge in [0.05, 0.1) is 43.8 Å². The fourth-order valence-electron chi connectivity index (χ4n) is 6.13. The summed E-state index contributed by atoms with van der Waals surface area (Å²) in [5, 5.41) is 55.5. The van der Waals surface area contributed by atoms with Crippen molar-refractivity contribution in [1.82, 2.24) is 29.8 Å². The molecule has 0 bridgehead atoms. The Balaban J connectivity index is 0.0000476. The second kappa shape index (κ2) is 26.9. The number of aliphatic hydroxyl groups is 2. The molecule has 409 valence electrons. The van der Waals surface area contributed by atoms with Gasteiger partial charge in [-0.1, -0.05) is 0 Å². The van der Waals surface area contributed by atoms with Crippen LogP contribution in [0.25, 0.3) is 0 Å². The first-order valence-electron chi connectivity index (χ1n) is 19.9. The van der Waals surface area contributed by atoms with E-state index in [0.717, 1.165) is 6.92 Å². The van der Waals surface area contributed by atoms with E-state index in [1.165, 1.54) is 14.7 Å². The van der Waals surface area contributed by atoms with Gasteiger partial charge >= 0.3 is 87.6 Å². The van der Waals surface area contributed by atoms with Gasteiger partial charge in [-0.15, -0.1) is 0 Å². The molecule has 35 heteroatoms. The van der Waals surface area contributed by atoms with Gasteiger partial charge in [0.25, 0.3) is 0 Å². The van der Waals surface area contributed by atoms with Crippen LogP contribution < -0.4 is 20.6 Å². The van der Waals surface area contributed by atoms with Gasteiger partial charge < -0.3 is 54.9 Å². The van der Waals surface area contributed by atoms with Crippen LogP contribution in [0, 0.1) is 45.9 Å². The minimum atomic E-state index is -8.79. The van der Waals surface area contributed by atoms with E-state index in [2.05, 4.69) is 10.1 Å². The van der Waals surface area contributed by atoms with Crippen LogP contribution in [0.3, 0.4) is 0 Å². The molecule has 0 spiro atoms. The molecule has 0 aromatic carbocycles. The van der Waals surface area contributed by atoms with Crippen molar-refractivity contribution < 1.29 is 169 Å². The Hall–Kier alpha value is -2.80. The maximum absolute atomic E-state index is 14.3. The van der Waals surface area contributed by atoms with Gasteiger partial charge in [0.2, 0.25) is 11.8 Å². The van der Waals surface area contributed by atoms with E-state index in [1.807, 2.05) is 0 Å². The van der Waals surface area contributed by atoms with Crippen LogP contribution in [0.2, 0.25) is 0 Å². The number of carboxylic acids is 3. The van der Waals surface area contributed by atoms with E-state index in [0.29, 0.717) is 4.90 Å². The molecule has 2 unspecified atom stereocenters. The number of rotatable bonds is 26. The van der Waals surface area contributed by atoms with Crippen LogP contribution in [0.1, 0.15) is 13.3 Å². The van der Waals surface area contributed by atoms with Gasteiger partial charge in [-0.3, -0.25) is 29.2 Å². The number of hydrogen-bond donors (Lipinski definition) is 3. The topological polar surface area (TPSA) is 232 Å². The number of ether oxygens (including phenoxy) is 1. The third-order valence-corrected chi connectivity index (χ3v) is 10.3. The van der Waals surface area contributed by atoms with Crippen molar-refractivity contribution in [3.8, 4) is 0 Å². The predicted octanol–water partition coefficient (Wildman–Crippen LogP) is -2.19. The molecule has 1 aliphatic rings. The number of alkyl halides is 17. The van der Waals surface area contributed by atoms with Crippen molar-refractivity contribution in [2.24, 2.45) is 5.92 Å². The largest absolute Gasteiger partial charge is 3.00 e. The van der Waals surface area contributed by atoms with E-state index in [-0.39, 0.29) is 105 Å². The van der Waals surface area contributed by atoms with Crippen molar-refractivity contribution in [1.29, 1.82) is 0 Å². The second-order valence-corrected chi connectivity index (χ2v) is 15.4. The Bertz CT molecular complexity index is 1690. The summed E-state index contributed by atoms with van der Waals surface area (Å²) in [7, 11) is 0. The smallest absolute Gasteiger partial charge is 0.549 e. The summed E-state index contributed by atoms with van der Waals surface area (Å²) in [6.07, 6.45) is -12.6. The fraction of sp³-hybridized carbons (Fsp3) is 0.857. The van der Waals surface area contributed by atoms with Crippen molar-refractivity contribution in [2.45, 2.75) is 67.1 Å². The molecule has 0 aromatic heterocycles. The summed E-state index contributed by atoms with van der Waals surface area (Å²) < 4.78 is 235. The quantitative estimate of drug-likeness (QED) is 0.0475.